The topological polar surface area (TPSA) is 52.6 Å². The van der Waals surface area contributed by atoms with Crippen molar-refractivity contribution in [1.82, 2.24) is 0 Å². The second kappa shape index (κ2) is 11.8. The highest BCUT2D eigenvalue weighted by atomic mass is 79.9. The zero-order valence-electron chi connectivity index (χ0n) is 16.3. The molecule has 0 rings (SSSR count). The minimum Gasteiger partial charge on any atom is -0.465 e. The van der Waals surface area contributed by atoms with Crippen LogP contribution in [0.4, 0.5) is 0 Å². The maximum Gasteiger partial charge on any atom is 0.311 e. The van der Waals surface area contributed by atoms with Gasteiger partial charge in [-0.25, -0.2) is 0 Å². The predicted molar refractivity (Wildman–Crippen MR) is 121 cm³/mol. The summed E-state index contributed by atoms with van der Waals surface area (Å²) in [5.41, 5.74) is -1.11. The van der Waals surface area contributed by atoms with Gasteiger partial charge in [0.05, 0.1) is 24.0 Å². The second-order valence-corrected chi connectivity index (χ2v) is 12.0. The van der Waals surface area contributed by atoms with Crippen LogP contribution in [0.1, 0.15) is 41.5 Å². The van der Waals surface area contributed by atoms with E-state index in [4.69, 9.17) is 9.47 Å². The van der Waals surface area contributed by atoms with Gasteiger partial charge in [-0.2, -0.15) is 0 Å². The summed E-state index contributed by atoms with van der Waals surface area (Å²) in [5, 5.41) is 1.38. The fraction of sp³-hybridized carbons (Fsp3) is 0.889. The van der Waals surface area contributed by atoms with Gasteiger partial charge in [0.2, 0.25) is 0 Å². The van der Waals surface area contributed by atoms with Crippen molar-refractivity contribution in [1.29, 1.82) is 0 Å². The second-order valence-electron chi connectivity index (χ2n) is 8.37. The van der Waals surface area contributed by atoms with Crippen LogP contribution in [0.15, 0.2) is 0 Å². The Labute approximate surface area is 191 Å². The quantitative estimate of drug-likeness (QED) is 0.242. The Bertz CT molecular complexity index is 415. The van der Waals surface area contributed by atoms with E-state index in [-0.39, 0.29) is 46.6 Å². The van der Waals surface area contributed by atoms with E-state index in [1.54, 1.807) is 0 Å². The highest BCUT2D eigenvalue weighted by Crippen LogP contribution is 2.32. The molecule has 4 atom stereocenters. The molecule has 0 aliphatic rings. The van der Waals surface area contributed by atoms with Crippen LogP contribution in [0.2, 0.25) is 0 Å². The molecule has 0 amide bonds. The van der Waals surface area contributed by atoms with Crippen LogP contribution in [-0.2, 0) is 19.1 Å². The first-order chi connectivity index (χ1) is 11.8. The third kappa shape index (κ3) is 9.37. The van der Waals surface area contributed by atoms with Crippen LogP contribution in [0.25, 0.3) is 0 Å². The molecular formula is C18H30Br4O4. The fourth-order valence-corrected chi connectivity index (χ4v) is 4.05. The monoisotopic (exact) mass is 626 g/mol. The molecule has 0 heterocycles. The first kappa shape index (κ1) is 26.9. The summed E-state index contributed by atoms with van der Waals surface area (Å²) in [6.45, 7) is 11.5. The lowest BCUT2D eigenvalue weighted by Gasteiger charge is -2.33. The highest BCUT2D eigenvalue weighted by Gasteiger charge is 2.36. The molecule has 154 valence electrons. The third-order valence-corrected chi connectivity index (χ3v) is 8.95. The zero-order valence-corrected chi connectivity index (χ0v) is 22.6. The van der Waals surface area contributed by atoms with Crippen molar-refractivity contribution < 1.29 is 19.1 Å². The Morgan fingerprint density at radius 3 is 1.19 bits per heavy atom. The minimum absolute atomic E-state index is 0.0321. The molecule has 0 saturated heterocycles. The molecule has 0 aromatic carbocycles. The summed E-state index contributed by atoms with van der Waals surface area (Å²) in [6, 6.07) is 0. The van der Waals surface area contributed by atoms with Gasteiger partial charge in [0.1, 0.15) is 0 Å². The van der Waals surface area contributed by atoms with Crippen molar-refractivity contribution in [2.24, 2.45) is 22.7 Å². The normalized spacial score (nSPS) is 17.2. The number of ether oxygens (including phenoxy) is 2. The zero-order chi connectivity index (χ0) is 20.7. The Morgan fingerprint density at radius 2 is 1.00 bits per heavy atom. The summed E-state index contributed by atoms with van der Waals surface area (Å²) in [5.74, 6) is -0.551. The Morgan fingerprint density at radius 1 is 0.731 bits per heavy atom. The molecule has 4 nitrogen and oxygen atoms in total. The number of carbonyl (C=O) groups is 2. The van der Waals surface area contributed by atoms with E-state index in [9.17, 15) is 9.59 Å². The van der Waals surface area contributed by atoms with Gasteiger partial charge in [-0.1, -0.05) is 63.7 Å². The van der Waals surface area contributed by atoms with Gasteiger partial charge < -0.3 is 9.47 Å². The van der Waals surface area contributed by atoms with Crippen LogP contribution in [0, 0.1) is 22.7 Å². The molecule has 0 radical (unpaired) electrons. The maximum absolute atomic E-state index is 12.2. The van der Waals surface area contributed by atoms with Crippen LogP contribution < -0.4 is 0 Å². The predicted octanol–water partition coefficient (Wildman–Crippen LogP) is 5.71. The van der Waals surface area contributed by atoms with Gasteiger partial charge in [0, 0.05) is 32.2 Å². The summed E-state index contributed by atoms with van der Waals surface area (Å²) in [7, 11) is 0. The Kier molecular flexibility index (Phi) is 12.2. The van der Waals surface area contributed by atoms with E-state index in [0.29, 0.717) is 10.7 Å². The number of hydrogen-bond acceptors (Lipinski definition) is 4. The van der Waals surface area contributed by atoms with Gasteiger partial charge in [0.15, 0.2) is 0 Å². The van der Waals surface area contributed by atoms with Crippen LogP contribution in [-0.4, -0.2) is 45.5 Å². The van der Waals surface area contributed by atoms with Crippen LogP contribution in [0.5, 0.6) is 0 Å². The van der Waals surface area contributed by atoms with E-state index in [1.807, 2.05) is 41.5 Å². The van der Waals surface area contributed by atoms with Crippen molar-refractivity contribution in [2.45, 2.75) is 51.2 Å². The van der Waals surface area contributed by atoms with Crippen LogP contribution in [0.3, 0.4) is 0 Å². The molecule has 0 fully saturated rings. The molecule has 0 aromatic heterocycles. The van der Waals surface area contributed by atoms with Crippen molar-refractivity contribution >= 4 is 75.7 Å². The van der Waals surface area contributed by atoms with E-state index in [2.05, 4.69) is 63.7 Å². The molecule has 0 saturated carbocycles. The molecule has 0 N–H and O–H groups in total. The SMILES string of the molecule is CC(C)(C)C(=O)OC[C@@H](C(Br)CBr)[C@@H](COC(=O)C(C)(C)C)C(Br)CBr. The van der Waals surface area contributed by atoms with Crippen molar-refractivity contribution in [2.75, 3.05) is 23.9 Å². The number of rotatable bonds is 9. The summed E-state index contributed by atoms with van der Waals surface area (Å²) in [6.07, 6.45) is 0. The smallest absolute Gasteiger partial charge is 0.311 e. The summed E-state index contributed by atoms with van der Waals surface area (Å²) >= 11 is 14.3. The standard InChI is InChI=1S/C18H30Br4O4/c1-17(2,3)15(23)25-9-11(13(21)7-19)12(14(22)8-20)10-26-16(24)18(4,5)6/h11-14H,7-10H2,1-6H3/t11-,12-,13?,14?/m1/s1. The maximum atomic E-state index is 12.2. The fourth-order valence-electron chi connectivity index (χ4n) is 2.00. The molecule has 0 spiro atoms. The minimum atomic E-state index is -0.557. The molecule has 0 aliphatic heterocycles. The third-order valence-electron chi connectivity index (χ3n) is 3.81. The summed E-state index contributed by atoms with van der Waals surface area (Å²) < 4.78 is 11.1. The van der Waals surface area contributed by atoms with E-state index >= 15 is 0 Å². The van der Waals surface area contributed by atoms with Gasteiger partial charge in [-0.05, 0) is 41.5 Å². The lowest BCUT2D eigenvalue weighted by atomic mass is 9.88. The van der Waals surface area contributed by atoms with Gasteiger partial charge in [-0.3, -0.25) is 9.59 Å². The number of halogens is 4. The van der Waals surface area contributed by atoms with Crippen molar-refractivity contribution in [3.05, 3.63) is 0 Å². The first-order valence-electron chi connectivity index (χ1n) is 8.50. The highest BCUT2D eigenvalue weighted by molar-refractivity contribution is 9.12. The Hall–Kier alpha value is 0.860. The first-order valence-corrected chi connectivity index (χ1v) is 12.6. The number of alkyl halides is 4. The lowest BCUT2D eigenvalue weighted by molar-refractivity contribution is -0.158. The molecule has 0 bridgehead atoms. The van der Waals surface area contributed by atoms with Crippen molar-refractivity contribution in [3.8, 4) is 0 Å². The average molecular weight is 630 g/mol. The van der Waals surface area contributed by atoms with E-state index in [1.165, 1.54) is 0 Å². The van der Waals surface area contributed by atoms with E-state index in [0.717, 1.165) is 0 Å². The van der Waals surface area contributed by atoms with Gasteiger partial charge in [-0.15, -0.1) is 0 Å². The van der Waals surface area contributed by atoms with E-state index < -0.39 is 10.8 Å². The molecule has 0 aromatic rings. The Balaban J connectivity index is 5.29. The average Bonchev–Trinajstić information content (AvgIpc) is 2.53. The van der Waals surface area contributed by atoms with Gasteiger partial charge >= 0.3 is 11.9 Å². The molecule has 2 unspecified atom stereocenters. The largest absolute Gasteiger partial charge is 0.465 e. The molecular weight excluding hydrogens is 600 g/mol. The molecule has 26 heavy (non-hydrogen) atoms. The molecule has 0 aliphatic carbocycles. The van der Waals surface area contributed by atoms with Gasteiger partial charge in [0.25, 0.3) is 0 Å². The number of carbonyl (C=O) groups excluding carboxylic acids is 2. The van der Waals surface area contributed by atoms with Crippen LogP contribution >= 0.6 is 63.7 Å². The molecule has 8 heteroatoms. The van der Waals surface area contributed by atoms with Crippen molar-refractivity contribution in [3.63, 3.8) is 0 Å². The number of hydrogen-bond donors (Lipinski definition) is 0. The number of esters is 2. The summed E-state index contributed by atoms with van der Waals surface area (Å²) in [4.78, 5) is 24.5. The lowest BCUT2D eigenvalue weighted by Crippen LogP contribution is -2.40.